The molecule has 0 saturated heterocycles. The van der Waals surface area contributed by atoms with E-state index in [2.05, 4.69) is 29.2 Å². The van der Waals surface area contributed by atoms with E-state index in [1.165, 1.54) is 14.2 Å². The fourth-order valence-corrected chi connectivity index (χ4v) is 2.60. The Hall–Kier alpha value is -0.850. The molecule has 4 nitrogen and oxygen atoms in total. The molecule has 0 aliphatic heterocycles. The van der Waals surface area contributed by atoms with Crippen LogP contribution in [-0.4, -0.2) is 26.2 Å². The molecule has 0 atom stereocenters. The second-order valence-corrected chi connectivity index (χ2v) is 4.74. The maximum absolute atomic E-state index is 11.9. The molecule has 0 aromatic rings. The van der Waals surface area contributed by atoms with Gasteiger partial charge >= 0.3 is 11.9 Å². The maximum Gasteiger partial charge on any atom is 0.323 e. The molecule has 1 aliphatic rings. The number of rotatable bonds is 2. The van der Waals surface area contributed by atoms with Crippen molar-refractivity contribution in [3.63, 3.8) is 0 Å². The molecule has 0 N–H and O–H groups in total. The van der Waals surface area contributed by atoms with E-state index in [1.54, 1.807) is 0 Å². The van der Waals surface area contributed by atoms with E-state index in [9.17, 15) is 9.59 Å². The average molecular weight is 350 g/mol. The highest BCUT2D eigenvalue weighted by molar-refractivity contribution is 14.1. The minimum Gasteiger partial charge on any atom is -0.468 e. The van der Waals surface area contributed by atoms with Crippen LogP contribution in [-0.2, 0) is 19.1 Å². The Morgan fingerprint density at radius 1 is 1.29 bits per heavy atom. The third-order valence-corrected chi connectivity index (χ3v) is 3.75. The topological polar surface area (TPSA) is 52.6 Å². The predicted octanol–water partition coefficient (Wildman–Crippen LogP) is 2.38. The van der Waals surface area contributed by atoms with Gasteiger partial charge in [-0.1, -0.05) is 40.3 Å². The smallest absolute Gasteiger partial charge is 0.323 e. The first-order chi connectivity index (χ1) is 8.00. The second-order valence-electron chi connectivity index (χ2n) is 4.11. The number of carbonyl (C=O) groups is 2. The van der Waals surface area contributed by atoms with E-state index in [-0.39, 0.29) is 0 Å². The van der Waals surface area contributed by atoms with Crippen molar-refractivity contribution in [3.05, 3.63) is 21.8 Å². The number of hydrogen-bond donors (Lipinski definition) is 0. The number of carbonyl (C=O) groups excluding carboxylic acids is 2. The Morgan fingerprint density at radius 3 is 2.24 bits per heavy atom. The third kappa shape index (κ3) is 2.70. The summed E-state index contributed by atoms with van der Waals surface area (Å²) in [6.45, 7) is 3.88. The van der Waals surface area contributed by atoms with Crippen LogP contribution in [0, 0.1) is 5.41 Å². The van der Waals surface area contributed by atoms with Crippen molar-refractivity contribution >= 4 is 34.5 Å². The summed E-state index contributed by atoms with van der Waals surface area (Å²) in [4.78, 5) is 23.8. The summed E-state index contributed by atoms with van der Waals surface area (Å²) < 4.78 is 11.4. The van der Waals surface area contributed by atoms with Crippen LogP contribution < -0.4 is 0 Å². The highest BCUT2D eigenvalue weighted by Gasteiger charge is 2.51. The molecule has 1 aliphatic carbocycles. The summed E-state index contributed by atoms with van der Waals surface area (Å²) in [6.07, 6.45) is 1.35. The van der Waals surface area contributed by atoms with Crippen LogP contribution in [0.3, 0.4) is 0 Å². The van der Waals surface area contributed by atoms with Crippen molar-refractivity contribution in [3.8, 4) is 0 Å². The van der Waals surface area contributed by atoms with E-state index < -0.39 is 17.4 Å². The van der Waals surface area contributed by atoms with Gasteiger partial charge in [0.25, 0.3) is 0 Å². The summed E-state index contributed by atoms with van der Waals surface area (Å²) in [6, 6.07) is 0. The van der Waals surface area contributed by atoms with Gasteiger partial charge in [0.15, 0.2) is 5.41 Å². The second kappa shape index (κ2) is 5.66. The predicted molar refractivity (Wildman–Crippen MR) is 71.6 cm³/mol. The lowest BCUT2D eigenvalue weighted by atomic mass is 9.70. The van der Waals surface area contributed by atoms with Gasteiger partial charge in [0.2, 0.25) is 0 Å². The number of hydrogen-bond acceptors (Lipinski definition) is 4. The lowest BCUT2D eigenvalue weighted by Gasteiger charge is -2.34. The normalized spacial score (nSPS) is 21.1. The minimum atomic E-state index is -1.25. The average Bonchev–Trinajstić information content (AvgIpc) is 2.35. The summed E-state index contributed by atoms with van der Waals surface area (Å²) in [5.41, 5.74) is 0.586. The van der Waals surface area contributed by atoms with Gasteiger partial charge in [-0.05, 0) is 23.3 Å². The van der Waals surface area contributed by atoms with Crippen LogP contribution in [0.5, 0.6) is 0 Å². The molecule has 0 amide bonds. The molecule has 5 heteroatoms. The molecule has 94 valence electrons. The quantitative estimate of drug-likeness (QED) is 0.332. The third-order valence-electron chi connectivity index (χ3n) is 2.86. The van der Waals surface area contributed by atoms with Crippen molar-refractivity contribution < 1.29 is 19.1 Å². The van der Waals surface area contributed by atoms with E-state index in [4.69, 9.17) is 9.47 Å². The Labute approximate surface area is 114 Å². The molecule has 0 bridgehead atoms. The Kier molecular flexibility index (Phi) is 4.73. The molecule has 0 aromatic carbocycles. The summed E-state index contributed by atoms with van der Waals surface area (Å²) in [5, 5.41) is 0. The summed E-state index contributed by atoms with van der Waals surface area (Å²) >= 11 is 2.10. The number of esters is 2. The van der Waals surface area contributed by atoms with Gasteiger partial charge in [-0.15, -0.1) is 0 Å². The largest absolute Gasteiger partial charge is 0.468 e. The molecular weight excluding hydrogens is 335 g/mol. The first kappa shape index (κ1) is 14.2. The zero-order valence-electron chi connectivity index (χ0n) is 9.92. The molecule has 0 unspecified atom stereocenters. The van der Waals surface area contributed by atoms with Crippen LogP contribution in [0.1, 0.15) is 19.3 Å². The first-order valence-electron chi connectivity index (χ1n) is 5.11. The van der Waals surface area contributed by atoms with Gasteiger partial charge in [-0.3, -0.25) is 9.59 Å². The fourth-order valence-electron chi connectivity index (χ4n) is 2.16. The van der Waals surface area contributed by atoms with E-state index in [0.29, 0.717) is 12.8 Å². The van der Waals surface area contributed by atoms with Gasteiger partial charge in [0, 0.05) is 0 Å². The monoisotopic (exact) mass is 350 g/mol. The number of methoxy groups -OCH3 is 2. The SMILES string of the molecule is C=C1C/C(=C/I)CC(C(=O)OC)(C(=O)OC)C1. The number of halogens is 1. The molecular formula is C12H15IO4. The molecule has 1 fully saturated rings. The van der Waals surface area contributed by atoms with Gasteiger partial charge in [-0.2, -0.15) is 0 Å². The molecule has 17 heavy (non-hydrogen) atoms. The fraction of sp³-hybridized carbons (Fsp3) is 0.500. The van der Waals surface area contributed by atoms with Gasteiger partial charge in [-0.25, -0.2) is 0 Å². The van der Waals surface area contributed by atoms with Crippen molar-refractivity contribution in [2.45, 2.75) is 19.3 Å². The Morgan fingerprint density at radius 2 is 1.82 bits per heavy atom. The lowest BCUT2D eigenvalue weighted by molar-refractivity contribution is -0.169. The minimum absolute atomic E-state index is 0.292. The molecule has 1 rings (SSSR count). The van der Waals surface area contributed by atoms with Crippen LogP contribution in [0.2, 0.25) is 0 Å². The van der Waals surface area contributed by atoms with Crippen molar-refractivity contribution in [2.24, 2.45) is 5.41 Å². The zero-order valence-corrected chi connectivity index (χ0v) is 12.1. The van der Waals surface area contributed by atoms with Gasteiger partial charge in [0.05, 0.1) is 14.2 Å². The van der Waals surface area contributed by atoms with Crippen LogP contribution in [0.4, 0.5) is 0 Å². The summed E-state index contributed by atoms with van der Waals surface area (Å²) in [7, 11) is 2.55. The Bertz CT molecular complexity index is 368. The Balaban J connectivity index is 3.18. The highest BCUT2D eigenvalue weighted by Crippen LogP contribution is 2.43. The molecule has 0 aromatic heterocycles. The van der Waals surface area contributed by atoms with Crippen LogP contribution >= 0.6 is 22.6 Å². The molecule has 1 saturated carbocycles. The number of ether oxygens (including phenoxy) is 2. The highest BCUT2D eigenvalue weighted by atomic mass is 127. The number of allylic oxidation sites excluding steroid dienone is 2. The van der Waals surface area contributed by atoms with E-state index in [1.807, 2.05) is 4.08 Å². The summed E-state index contributed by atoms with van der Waals surface area (Å²) in [5.74, 6) is -1.11. The van der Waals surface area contributed by atoms with E-state index in [0.717, 1.165) is 17.6 Å². The van der Waals surface area contributed by atoms with Crippen molar-refractivity contribution in [1.29, 1.82) is 0 Å². The zero-order chi connectivity index (χ0) is 13.1. The van der Waals surface area contributed by atoms with Crippen LogP contribution in [0.25, 0.3) is 0 Å². The lowest BCUT2D eigenvalue weighted by Crippen LogP contribution is -2.43. The molecule has 0 heterocycles. The van der Waals surface area contributed by atoms with E-state index >= 15 is 0 Å². The molecule has 0 spiro atoms. The van der Waals surface area contributed by atoms with Gasteiger partial charge < -0.3 is 9.47 Å². The van der Waals surface area contributed by atoms with Gasteiger partial charge in [0.1, 0.15) is 0 Å². The van der Waals surface area contributed by atoms with Crippen molar-refractivity contribution in [1.82, 2.24) is 0 Å². The standard InChI is InChI=1S/C12H15IO4/c1-8-4-9(7-13)6-12(5-8,10(14)16-2)11(15)17-3/h7H,1,4-6H2,2-3H3/b9-7-. The van der Waals surface area contributed by atoms with Crippen molar-refractivity contribution in [2.75, 3.05) is 14.2 Å². The first-order valence-corrected chi connectivity index (χ1v) is 6.36. The van der Waals surface area contributed by atoms with Crippen LogP contribution in [0.15, 0.2) is 21.8 Å². The molecule has 0 radical (unpaired) electrons. The maximum atomic E-state index is 11.9.